The predicted octanol–water partition coefficient (Wildman–Crippen LogP) is 11.0. The second-order valence-electron chi connectivity index (χ2n) is 12.4. The zero-order chi connectivity index (χ0) is 29.5. The minimum absolute atomic E-state index is 0.464. The standard InChI is InChI=1S/C36H70N2O2/c1-3-5-7-9-11-13-15-17-19-21-23-25-27-29-31-33(35(37)39)34(36(38)40)32-30-28-26-24-22-20-18-16-14-12-10-8-6-4-2/h3-32H2,1-2H3,(H2,37,39)(H2,38,40)/b34-33-. The summed E-state index contributed by atoms with van der Waals surface area (Å²) in [5.74, 6) is -0.928. The maximum Gasteiger partial charge on any atom is 0.245 e. The molecule has 40 heavy (non-hydrogen) atoms. The van der Waals surface area contributed by atoms with Gasteiger partial charge in [0.2, 0.25) is 11.8 Å². The summed E-state index contributed by atoms with van der Waals surface area (Å²) in [6, 6.07) is 0. The Kier molecular flexibility index (Phi) is 29.6. The van der Waals surface area contributed by atoms with E-state index < -0.39 is 11.8 Å². The minimum atomic E-state index is -0.464. The quantitative estimate of drug-likeness (QED) is 0.0631. The van der Waals surface area contributed by atoms with Crippen LogP contribution in [0.3, 0.4) is 0 Å². The average molecular weight is 563 g/mol. The average Bonchev–Trinajstić information content (AvgIpc) is 2.93. The van der Waals surface area contributed by atoms with Crippen molar-refractivity contribution in [2.45, 2.75) is 206 Å². The first-order valence-corrected chi connectivity index (χ1v) is 17.9. The Morgan fingerprint density at radius 1 is 0.325 bits per heavy atom. The van der Waals surface area contributed by atoms with E-state index in [9.17, 15) is 9.59 Å². The Balaban J connectivity index is 3.91. The molecular formula is C36H70N2O2. The van der Waals surface area contributed by atoms with Gasteiger partial charge in [-0.05, 0) is 25.7 Å². The third-order valence-electron chi connectivity index (χ3n) is 8.52. The van der Waals surface area contributed by atoms with E-state index in [1.54, 1.807) is 0 Å². The van der Waals surface area contributed by atoms with Crippen molar-refractivity contribution in [3.63, 3.8) is 0 Å². The Labute approximate surface area is 250 Å². The second-order valence-corrected chi connectivity index (χ2v) is 12.4. The van der Waals surface area contributed by atoms with Gasteiger partial charge in [-0.25, -0.2) is 0 Å². The van der Waals surface area contributed by atoms with Crippen molar-refractivity contribution in [2.75, 3.05) is 0 Å². The molecule has 4 nitrogen and oxygen atoms in total. The molecule has 0 bridgehead atoms. The highest BCUT2D eigenvalue weighted by Gasteiger charge is 2.16. The number of rotatable bonds is 32. The van der Waals surface area contributed by atoms with E-state index in [1.165, 1.54) is 154 Å². The van der Waals surface area contributed by atoms with E-state index in [1.807, 2.05) is 0 Å². The fourth-order valence-electron chi connectivity index (χ4n) is 5.84. The van der Waals surface area contributed by atoms with Crippen LogP contribution in [0.25, 0.3) is 0 Å². The van der Waals surface area contributed by atoms with Crippen LogP contribution in [0, 0.1) is 0 Å². The van der Waals surface area contributed by atoms with Crippen LogP contribution in [-0.2, 0) is 9.59 Å². The van der Waals surface area contributed by atoms with Crippen LogP contribution < -0.4 is 11.5 Å². The topological polar surface area (TPSA) is 86.2 Å². The molecule has 4 heteroatoms. The van der Waals surface area contributed by atoms with Crippen molar-refractivity contribution in [3.8, 4) is 0 Å². The molecular weight excluding hydrogens is 492 g/mol. The van der Waals surface area contributed by atoms with Gasteiger partial charge in [-0.15, -0.1) is 0 Å². The summed E-state index contributed by atoms with van der Waals surface area (Å²) in [5.41, 5.74) is 12.3. The highest BCUT2D eigenvalue weighted by atomic mass is 16.2. The van der Waals surface area contributed by atoms with Crippen LogP contribution in [0.4, 0.5) is 0 Å². The summed E-state index contributed by atoms with van der Waals surface area (Å²) in [5, 5.41) is 0. The number of amides is 2. The van der Waals surface area contributed by atoms with Crippen LogP contribution in [0.5, 0.6) is 0 Å². The summed E-state index contributed by atoms with van der Waals surface area (Å²) in [6.45, 7) is 4.54. The Morgan fingerprint density at radius 3 is 0.675 bits per heavy atom. The van der Waals surface area contributed by atoms with Gasteiger partial charge in [0.05, 0.1) is 0 Å². The van der Waals surface area contributed by atoms with Crippen LogP contribution in [0.1, 0.15) is 206 Å². The van der Waals surface area contributed by atoms with Crippen molar-refractivity contribution >= 4 is 11.8 Å². The highest BCUT2D eigenvalue weighted by Crippen LogP contribution is 2.21. The molecule has 4 N–H and O–H groups in total. The molecule has 0 spiro atoms. The lowest BCUT2D eigenvalue weighted by molar-refractivity contribution is -0.117. The van der Waals surface area contributed by atoms with E-state index in [0.29, 0.717) is 24.0 Å². The zero-order valence-corrected chi connectivity index (χ0v) is 27.2. The first kappa shape index (κ1) is 38.7. The zero-order valence-electron chi connectivity index (χ0n) is 27.2. The molecule has 0 aliphatic carbocycles. The van der Waals surface area contributed by atoms with Gasteiger partial charge in [-0.2, -0.15) is 0 Å². The van der Waals surface area contributed by atoms with Gasteiger partial charge in [0.15, 0.2) is 0 Å². The van der Waals surface area contributed by atoms with Crippen LogP contribution in [0.15, 0.2) is 11.1 Å². The molecule has 0 aromatic rings. The monoisotopic (exact) mass is 563 g/mol. The Morgan fingerprint density at radius 2 is 0.500 bits per heavy atom. The Hall–Kier alpha value is -1.32. The number of unbranched alkanes of at least 4 members (excludes halogenated alkanes) is 26. The molecule has 0 heterocycles. The van der Waals surface area contributed by atoms with Gasteiger partial charge in [0.25, 0.3) is 0 Å². The molecule has 0 fully saturated rings. The summed E-state index contributed by atoms with van der Waals surface area (Å²) in [4.78, 5) is 24.2. The fourth-order valence-corrected chi connectivity index (χ4v) is 5.84. The summed E-state index contributed by atoms with van der Waals surface area (Å²) in [7, 11) is 0. The Bertz CT molecular complexity index is 562. The number of hydrogen-bond donors (Lipinski definition) is 2. The molecule has 0 atom stereocenters. The van der Waals surface area contributed by atoms with E-state index in [0.717, 1.165) is 25.7 Å². The van der Waals surface area contributed by atoms with E-state index in [2.05, 4.69) is 13.8 Å². The van der Waals surface area contributed by atoms with Crippen molar-refractivity contribution in [2.24, 2.45) is 11.5 Å². The smallest absolute Gasteiger partial charge is 0.245 e. The largest absolute Gasteiger partial charge is 0.366 e. The van der Waals surface area contributed by atoms with Gasteiger partial charge >= 0.3 is 0 Å². The third-order valence-corrected chi connectivity index (χ3v) is 8.52. The molecule has 0 saturated heterocycles. The van der Waals surface area contributed by atoms with Crippen LogP contribution in [0.2, 0.25) is 0 Å². The molecule has 0 radical (unpaired) electrons. The molecule has 2 amide bonds. The van der Waals surface area contributed by atoms with Crippen molar-refractivity contribution in [3.05, 3.63) is 11.1 Å². The summed E-state index contributed by atoms with van der Waals surface area (Å²) >= 11 is 0. The van der Waals surface area contributed by atoms with Gasteiger partial charge in [-0.1, -0.05) is 181 Å². The van der Waals surface area contributed by atoms with Crippen LogP contribution in [-0.4, -0.2) is 11.8 Å². The highest BCUT2D eigenvalue weighted by molar-refractivity contribution is 6.03. The maximum absolute atomic E-state index is 12.1. The van der Waals surface area contributed by atoms with Gasteiger partial charge in [-0.3, -0.25) is 9.59 Å². The molecule has 0 unspecified atom stereocenters. The van der Waals surface area contributed by atoms with Crippen molar-refractivity contribution in [1.82, 2.24) is 0 Å². The first-order chi connectivity index (χ1) is 19.5. The lowest BCUT2D eigenvalue weighted by Gasteiger charge is -2.11. The van der Waals surface area contributed by atoms with Gasteiger partial charge in [0.1, 0.15) is 0 Å². The van der Waals surface area contributed by atoms with E-state index in [-0.39, 0.29) is 0 Å². The van der Waals surface area contributed by atoms with Crippen molar-refractivity contribution in [1.29, 1.82) is 0 Å². The fraction of sp³-hybridized carbons (Fsp3) is 0.889. The maximum atomic E-state index is 12.1. The van der Waals surface area contributed by atoms with E-state index in [4.69, 9.17) is 11.5 Å². The first-order valence-electron chi connectivity index (χ1n) is 17.9. The number of hydrogen-bond acceptors (Lipinski definition) is 2. The number of carbonyl (C=O) groups is 2. The molecule has 236 valence electrons. The molecule has 0 aromatic heterocycles. The second kappa shape index (κ2) is 30.6. The molecule has 0 aromatic carbocycles. The number of primary amides is 2. The van der Waals surface area contributed by atoms with Gasteiger partial charge in [0, 0.05) is 11.1 Å². The SMILES string of the molecule is CCCCCCCCCCCCCCCC/C(C(N)=O)=C(\CCCCCCCCCCCCCCCC)C(N)=O. The predicted molar refractivity (Wildman–Crippen MR) is 175 cm³/mol. The number of nitrogens with two attached hydrogens (primary N) is 2. The lowest BCUT2D eigenvalue weighted by Crippen LogP contribution is -2.23. The van der Waals surface area contributed by atoms with Crippen molar-refractivity contribution < 1.29 is 9.59 Å². The molecule has 0 aliphatic heterocycles. The molecule has 0 saturated carbocycles. The molecule has 0 aliphatic rings. The van der Waals surface area contributed by atoms with Gasteiger partial charge < -0.3 is 11.5 Å². The third kappa shape index (κ3) is 25.6. The summed E-state index contributed by atoms with van der Waals surface area (Å²) < 4.78 is 0. The summed E-state index contributed by atoms with van der Waals surface area (Å²) in [6.07, 6.45) is 37.5. The minimum Gasteiger partial charge on any atom is -0.366 e. The van der Waals surface area contributed by atoms with E-state index >= 15 is 0 Å². The van der Waals surface area contributed by atoms with Crippen LogP contribution >= 0.6 is 0 Å². The number of carbonyl (C=O) groups excluding carboxylic acids is 2. The normalized spacial score (nSPS) is 12.1. The lowest BCUT2D eigenvalue weighted by atomic mass is 9.95. The molecule has 0 rings (SSSR count).